The molecule has 0 spiro atoms. The van der Waals surface area contributed by atoms with Crippen LogP contribution in [0.1, 0.15) is 38.8 Å². The molecule has 0 saturated carbocycles. The predicted molar refractivity (Wildman–Crippen MR) is 181 cm³/mol. The minimum Gasteiger partial charge on any atom is -0.310 e. The molecule has 0 atom stereocenters. The smallest absolute Gasteiger partial charge is 0.137 e. The summed E-state index contributed by atoms with van der Waals surface area (Å²) in [4.78, 5) is 7.23. The summed E-state index contributed by atoms with van der Waals surface area (Å²) in [7, 11) is 0. The van der Waals surface area contributed by atoms with Crippen molar-refractivity contribution >= 4 is 38.9 Å². The van der Waals surface area contributed by atoms with E-state index < -0.39 is 0 Å². The molecule has 0 saturated heterocycles. The molecule has 0 aliphatic carbocycles. The van der Waals surface area contributed by atoms with Gasteiger partial charge in [0.25, 0.3) is 0 Å². The molecule has 216 valence electrons. The Morgan fingerprint density at radius 2 is 1.32 bits per heavy atom. The summed E-state index contributed by atoms with van der Waals surface area (Å²) in [6.45, 7) is 9.48. The van der Waals surface area contributed by atoms with Crippen molar-refractivity contribution in [3.05, 3.63) is 139 Å². The van der Waals surface area contributed by atoms with E-state index in [1.54, 1.807) is 0 Å². The zero-order chi connectivity index (χ0) is 30.0. The molecule has 8 rings (SSSR count). The van der Waals surface area contributed by atoms with Crippen molar-refractivity contribution in [3.63, 3.8) is 0 Å². The number of rotatable bonds is 5. The van der Waals surface area contributed by atoms with Crippen LogP contribution in [0.5, 0.6) is 0 Å². The molecule has 4 heterocycles. The Kier molecular flexibility index (Phi) is 5.99. The van der Waals surface area contributed by atoms with Gasteiger partial charge in [0.2, 0.25) is 0 Å². The van der Waals surface area contributed by atoms with Gasteiger partial charge in [0.05, 0.1) is 28.1 Å². The van der Waals surface area contributed by atoms with Crippen LogP contribution in [0.4, 0.5) is 17.1 Å². The second-order valence-electron chi connectivity index (χ2n) is 12.4. The third-order valence-corrected chi connectivity index (χ3v) is 9.64. The predicted octanol–water partition coefficient (Wildman–Crippen LogP) is 9.75. The molecule has 1 aliphatic heterocycles. The maximum atomic E-state index is 4.77. The monoisotopic (exact) mass is 573 g/mol. The second kappa shape index (κ2) is 9.95. The first-order chi connectivity index (χ1) is 21.5. The van der Waals surface area contributed by atoms with Crippen LogP contribution in [0.2, 0.25) is 0 Å². The number of benzene rings is 4. The van der Waals surface area contributed by atoms with Crippen molar-refractivity contribution in [2.45, 2.75) is 33.1 Å². The molecule has 3 aromatic heterocycles. The van der Waals surface area contributed by atoms with Gasteiger partial charge in [-0.15, -0.1) is 0 Å². The number of para-hydroxylation sites is 2. The fourth-order valence-corrected chi connectivity index (χ4v) is 7.93. The standard InChI is InChI=1S/C39H35N5/c1-26(2)39(27(3)4)32-13-6-8-15-35(32)43(37-24-28(18-20-33(37)39)42-23-11-22-41-42)29-17-19-31-30-12-5-7-14-34(30)44(36(31)25-29)38-16-9-10-21-40-38/h5-27H,1-4H3. The lowest BCUT2D eigenvalue weighted by molar-refractivity contribution is 0.272. The van der Waals surface area contributed by atoms with Crippen molar-refractivity contribution in [1.82, 2.24) is 19.3 Å². The van der Waals surface area contributed by atoms with E-state index in [1.807, 2.05) is 35.4 Å². The first kappa shape index (κ1) is 26.5. The van der Waals surface area contributed by atoms with E-state index in [0.717, 1.165) is 28.2 Å². The molecule has 0 fully saturated rings. The van der Waals surface area contributed by atoms with Gasteiger partial charge < -0.3 is 4.90 Å². The van der Waals surface area contributed by atoms with Crippen molar-refractivity contribution in [2.24, 2.45) is 11.8 Å². The molecule has 44 heavy (non-hydrogen) atoms. The third kappa shape index (κ3) is 3.65. The van der Waals surface area contributed by atoms with Crippen molar-refractivity contribution in [1.29, 1.82) is 0 Å². The van der Waals surface area contributed by atoms with Crippen LogP contribution in [0.15, 0.2) is 128 Å². The van der Waals surface area contributed by atoms with E-state index in [-0.39, 0.29) is 5.41 Å². The summed E-state index contributed by atoms with van der Waals surface area (Å²) in [6.07, 6.45) is 5.72. The average molecular weight is 574 g/mol. The summed E-state index contributed by atoms with van der Waals surface area (Å²) in [5, 5.41) is 7.02. The highest BCUT2D eigenvalue weighted by Gasteiger charge is 2.48. The Balaban J connectivity index is 1.45. The number of pyridine rings is 1. The largest absolute Gasteiger partial charge is 0.310 e. The molecule has 5 nitrogen and oxygen atoms in total. The lowest BCUT2D eigenvalue weighted by Crippen LogP contribution is -2.43. The zero-order valence-corrected chi connectivity index (χ0v) is 25.5. The van der Waals surface area contributed by atoms with Gasteiger partial charge in [0.1, 0.15) is 5.82 Å². The first-order valence-electron chi connectivity index (χ1n) is 15.5. The van der Waals surface area contributed by atoms with Gasteiger partial charge in [-0.05, 0) is 77.6 Å². The number of hydrogen-bond acceptors (Lipinski definition) is 3. The number of aromatic nitrogens is 4. The maximum absolute atomic E-state index is 4.77. The molecule has 0 amide bonds. The van der Waals surface area contributed by atoms with E-state index in [0.29, 0.717) is 11.8 Å². The second-order valence-corrected chi connectivity index (χ2v) is 12.4. The van der Waals surface area contributed by atoms with Crippen LogP contribution < -0.4 is 4.90 Å². The summed E-state index contributed by atoms with van der Waals surface area (Å²) in [5.41, 5.74) is 9.42. The lowest BCUT2D eigenvalue weighted by Gasteiger charge is -2.50. The van der Waals surface area contributed by atoms with E-state index in [1.165, 1.54) is 33.3 Å². The Hall–Kier alpha value is -5.16. The average Bonchev–Trinajstić information content (AvgIpc) is 3.70. The molecule has 0 bridgehead atoms. The van der Waals surface area contributed by atoms with Crippen LogP contribution in [-0.4, -0.2) is 19.3 Å². The highest BCUT2D eigenvalue weighted by molar-refractivity contribution is 6.10. The zero-order valence-electron chi connectivity index (χ0n) is 25.5. The van der Waals surface area contributed by atoms with Gasteiger partial charge in [0.15, 0.2) is 0 Å². The highest BCUT2D eigenvalue weighted by atomic mass is 15.3. The Bertz CT molecular complexity index is 2130. The molecule has 0 unspecified atom stereocenters. The van der Waals surface area contributed by atoms with Gasteiger partial charge in [0, 0.05) is 40.5 Å². The summed E-state index contributed by atoms with van der Waals surface area (Å²) < 4.78 is 4.24. The molecular weight excluding hydrogens is 538 g/mol. The summed E-state index contributed by atoms with van der Waals surface area (Å²) >= 11 is 0. The fourth-order valence-electron chi connectivity index (χ4n) is 7.93. The normalized spacial score (nSPS) is 14.0. The number of anilines is 3. The minimum absolute atomic E-state index is 0.155. The van der Waals surface area contributed by atoms with E-state index in [4.69, 9.17) is 4.98 Å². The van der Waals surface area contributed by atoms with Crippen LogP contribution in [0, 0.1) is 11.8 Å². The highest BCUT2D eigenvalue weighted by Crippen LogP contribution is 2.58. The van der Waals surface area contributed by atoms with Crippen LogP contribution in [0.25, 0.3) is 33.3 Å². The molecular formula is C39H35N5. The Labute approximate surface area is 258 Å². The van der Waals surface area contributed by atoms with Crippen LogP contribution in [0.3, 0.4) is 0 Å². The lowest BCUT2D eigenvalue weighted by atomic mass is 9.58. The van der Waals surface area contributed by atoms with Gasteiger partial charge in [-0.3, -0.25) is 4.57 Å². The van der Waals surface area contributed by atoms with Crippen LogP contribution >= 0.6 is 0 Å². The van der Waals surface area contributed by atoms with Gasteiger partial charge in [-0.25, -0.2) is 9.67 Å². The fraction of sp³-hybridized carbons (Fsp3) is 0.179. The molecule has 0 radical (unpaired) electrons. The topological polar surface area (TPSA) is 38.9 Å². The first-order valence-corrected chi connectivity index (χ1v) is 15.5. The van der Waals surface area contributed by atoms with Gasteiger partial charge in [-0.2, -0.15) is 5.10 Å². The minimum atomic E-state index is -0.155. The van der Waals surface area contributed by atoms with Crippen molar-refractivity contribution < 1.29 is 0 Å². The van der Waals surface area contributed by atoms with Gasteiger partial charge >= 0.3 is 0 Å². The SMILES string of the molecule is CC(C)C1(C(C)C)c2ccccc2N(c2ccc3c4ccccc4n(-c4ccccn4)c3c2)c2cc(-n3cccn3)ccc21. The molecule has 5 heteroatoms. The third-order valence-electron chi connectivity index (χ3n) is 9.64. The van der Waals surface area contributed by atoms with Crippen LogP contribution in [-0.2, 0) is 5.41 Å². The summed E-state index contributed by atoms with van der Waals surface area (Å²) in [6, 6.07) is 39.5. The molecule has 0 N–H and O–H groups in total. The maximum Gasteiger partial charge on any atom is 0.137 e. The van der Waals surface area contributed by atoms with Gasteiger partial charge in [-0.1, -0.05) is 82.3 Å². The quantitative estimate of drug-likeness (QED) is 0.206. The van der Waals surface area contributed by atoms with E-state index in [2.05, 4.69) is 139 Å². The van der Waals surface area contributed by atoms with Crippen molar-refractivity contribution in [2.75, 3.05) is 4.90 Å². The Morgan fingerprint density at radius 1 is 0.591 bits per heavy atom. The number of fused-ring (bicyclic) bond motifs is 5. The number of hydrogen-bond donors (Lipinski definition) is 0. The van der Waals surface area contributed by atoms with E-state index >= 15 is 0 Å². The summed E-state index contributed by atoms with van der Waals surface area (Å²) in [5.74, 6) is 1.68. The molecule has 7 aromatic rings. The number of nitrogens with zero attached hydrogens (tertiary/aromatic N) is 5. The molecule has 1 aliphatic rings. The Morgan fingerprint density at radius 3 is 2.09 bits per heavy atom. The molecule has 4 aromatic carbocycles. The van der Waals surface area contributed by atoms with E-state index in [9.17, 15) is 0 Å². The van der Waals surface area contributed by atoms with Crippen molar-refractivity contribution in [3.8, 4) is 11.5 Å².